The predicted octanol–water partition coefficient (Wildman–Crippen LogP) is 6.13. The number of rotatable bonds is 6. The topological polar surface area (TPSA) is 75.0 Å². The van der Waals surface area contributed by atoms with Gasteiger partial charge >= 0.3 is 0 Å². The van der Waals surface area contributed by atoms with Crippen LogP contribution in [0.3, 0.4) is 0 Å². The Labute approximate surface area is 190 Å². The van der Waals surface area contributed by atoms with Crippen molar-refractivity contribution < 1.29 is 9.53 Å². The molecule has 0 fully saturated rings. The van der Waals surface area contributed by atoms with E-state index in [1.54, 1.807) is 24.4 Å². The first-order chi connectivity index (χ1) is 14.9. The highest BCUT2D eigenvalue weighted by atomic mass is 35.5. The number of nitriles is 1. The molecule has 156 valence electrons. The molecule has 0 radical (unpaired) electrons. The third-order valence-corrected chi connectivity index (χ3v) is 5.08. The lowest BCUT2D eigenvalue weighted by atomic mass is 10.0. The standard InChI is InChI=1S/C24H19Cl2N3O2/c1-15-10-17(11-16(2)23(15)31-14-19-6-3-4-9-28-19)12-18(13-27)24(30)29-22-20(25)7-5-8-21(22)26/h3-12H,14H2,1-2H3,(H,29,30)/b18-12+. The van der Waals surface area contributed by atoms with E-state index in [2.05, 4.69) is 10.3 Å². The number of carbonyl (C=O) groups is 1. The minimum Gasteiger partial charge on any atom is -0.487 e. The second kappa shape index (κ2) is 10.1. The molecule has 0 saturated carbocycles. The highest BCUT2D eigenvalue weighted by molar-refractivity contribution is 6.40. The minimum absolute atomic E-state index is 0.0723. The normalized spacial score (nSPS) is 11.0. The van der Waals surface area contributed by atoms with E-state index in [-0.39, 0.29) is 11.3 Å². The summed E-state index contributed by atoms with van der Waals surface area (Å²) < 4.78 is 5.94. The number of ether oxygens (including phenoxy) is 1. The lowest BCUT2D eigenvalue weighted by Gasteiger charge is -2.13. The van der Waals surface area contributed by atoms with Crippen LogP contribution < -0.4 is 10.1 Å². The number of halogens is 2. The van der Waals surface area contributed by atoms with Crippen molar-refractivity contribution in [2.24, 2.45) is 0 Å². The van der Waals surface area contributed by atoms with E-state index in [4.69, 9.17) is 27.9 Å². The average Bonchev–Trinajstić information content (AvgIpc) is 2.74. The SMILES string of the molecule is Cc1cc(/C=C(\C#N)C(=O)Nc2c(Cl)cccc2Cl)cc(C)c1OCc1ccccn1. The van der Waals surface area contributed by atoms with Crippen LogP contribution in [-0.4, -0.2) is 10.9 Å². The largest absolute Gasteiger partial charge is 0.487 e. The van der Waals surface area contributed by atoms with E-state index in [0.29, 0.717) is 22.2 Å². The van der Waals surface area contributed by atoms with Gasteiger partial charge in [-0.05, 0) is 73.0 Å². The van der Waals surface area contributed by atoms with E-state index in [1.807, 2.05) is 50.2 Å². The Kier molecular flexibility index (Phi) is 7.30. The minimum atomic E-state index is -0.594. The first-order valence-electron chi connectivity index (χ1n) is 9.40. The number of para-hydroxylation sites is 1. The third-order valence-electron chi connectivity index (χ3n) is 4.45. The molecule has 1 heterocycles. The number of aromatic nitrogens is 1. The monoisotopic (exact) mass is 451 g/mol. The summed E-state index contributed by atoms with van der Waals surface area (Å²) in [4.78, 5) is 16.9. The molecule has 1 amide bonds. The molecule has 0 spiro atoms. The van der Waals surface area contributed by atoms with Crippen molar-refractivity contribution in [1.82, 2.24) is 4.98 Å². The molecule has 0 bridgehead atoms. The van der Waals surface area contributed by atoms with Crippen LogP contribution in [0.5, 0.6) is 5.75 Å². The predicted molar refractivity (Wildman–Crippen MR) is 123 cm³/mol. The Bertz CT molecular complexity index is 1140. The Morgan fingerprint density at radius 1 is 1.13 bits per heavy atom. The number of aryl methyl sites for hydroxylation is 2. The van der Waals surface area contributed by atoms with Gasteiger partial charge in [0, 0.05) is 6.20 Å². The average molecular weight is 452 g/mol. The summed E-state index contributed by atoms with van der Waals surface area (Å²) in [5.41, 5.74) is 3.49. The van der Waals surface area contributed by atoms with Crippen molar-refractivity contribution in [1.29, 1.82) is 5.26 Å². The quantitative estimate of drug-likeness (QED) is 0.361. The molecule has 5 nitrogen and oxygen atoms in total. The second-order valence-corrected chi connectivity index (χ2v) is 7.63. The van der Waals surface area contributed by atoms with Gasteiger partial charge < -0.3 is 10.1 Å². The van der Waals surface area contributed by atoms with Gasteiger partial charge in [-0.1, -0.05) is 35.3 Å². The number of pyridine rings is 1. The van der Waals surface area contributed by atoms with E-state index in [1.165, 1.54) is 6.08 Å². The zero-order chi connectivity index (χ0) is 22.4. The van der Waals surface area contributed by atoms with Crippen LogP contribution in [0.1, 0.15) is 22.4 Å². The third kappa shape index (κ3) is 5.64. The van der Waals surface area contributed by atoms with Gasteiger partial charge in [-0.15, -0.1) is 0 Å². The fourth-order valence-corrected chi connectivity index (χ4v) is 3.53. The van der Waals surface area contributed by atoms with Crippen molar-refractivity contribution >= 4 is 40.9 Å². The van der Waals surface area contributed by atoms with E-state index >= 15 is 0 Å². The maximum absolute atomic E-state index is 12.6. The van der Waals surface area contributed by atoms with Gasteiger partial charge in [0.25, 0.3) is 5.91 Å². The van der Waals surface area contributed by atoms with Gasteiger partial charge in [0.05, 0.1) is 21.4 Å². The fraction of sp³-hybridized carbons (Fsp3) is 0.125. The Hall–Kier alpha value is -3.33. The summed E-state index contributed by atoms with van der Waals surface area (Å²) in [6.07, 6.45) is 3.24. The Morgan fingerprint density at radius 2 is 1.81 bits per heavy atom. The van der Waals surface area contributed by atoms with E-state index < -0.39 is 5.91 Å². The number of benzene rings is 2. The summed E-state index contributed by atoms with van der Waals surface area (Å²) in [5, 5.41) is 12.7. The number of amides is 1. The first kappa shape index (κ1) is 22.4. The van der Waals surface area contributed by atoms with Crippen LogP contribution in [-0.2, 0) is 11.4 Å². The molecule has 3 aromatic rings. The number of nitrogens with one attached hydrogen (secondary N) is 1. The molecule has 0 saturated heterocycles. The summed E-state index contributed by atoms with van der Waals surface area (Å²) >= 11 is 12.2. The van der Waals surface area contributed by atoms with Crippen molar-refractivity contribution in [2.45, 2.75) is 20.5 Å². The van der Waals surface area contributed by atoms with Crippen LogP contribution in [0.15, 0.2) is 60.3 Å². The number of hydrogen-bond acceptors (Lipinski definition) is 4. The van der Waals surface area contributed by atoms with E-state index in [9.17, 15) is 10.1 Å². The molecule has 1 aromatic heterocycles. The number of nitrogens with zero attached hydrogens (tertiary/aromatic N) is 2. The summed E-state index contributed by atoms with van der Waals surface area (Å²) in [6, 6.07) is 16.2. The lowest BCUT2D eigenvalue weighted by Crippen LogP contribution is -2.14. The van der Waals surface area contributed by atoms with Crippen molar-refractivity contribution in [3.63, 3.8) is 0 Å². The Morgan fingerprint density at radius 3 is 2.39 bits per heavy atom. The Balaban J connectivity index is 1.81. The molecular formula is C24H19Cl2N3O2. The highest BCUT2D eigenvalue weighted by Gasteiger charge is 2.15. The molecule has 0 atom stereocenters. The second-order valence-electron chi connectivity index (χ2n) is 6.81. The molecule has 7 heteroatoms. The van der Waals surface area contributed by atoms with Gasteiger partial charge in [-0.2, -0.15) is 5.26 Å². The zero-order valence-electron chi connectivity index (χ0n) is 16.9. The molecule has 2 aromatic carbocycles. The smallest absolute Gasteiger partial charge is 0.266 e. The molecule has 1 N–H and O–H groups in total. The number of hydrogen-bond donors (Lipinski definition) is 1. The lowest BCUT2D eigenvalue weighted by molar-refractivity contribution is -0.112. The van der Waals surface area contributed by atoms with Gasteiger partial charge in [0.1, 0.15) is 24.0 Å². The van der Waals surface area contributed by atoms with Gasteiger partial charge in [0.15, 0.2) is 0 Å². The summed E-state index contributed by atoms with van der Waals surface area (Å²) in [7, 11) is 0. The summed E-state index contributed by atoms with van der Waals surface area (Å²) in [5.74, 6) is 0.150. The van der Waals surface area contributed by atoms with E-state index in [0.717, 1.165) is 22.6 Å². The first-order valence-corrected chi connectivity index (χ1v) is 10.2. The highest BCUT2D eigenvalue weighted by Crippen LogP contribution is 2.31. The van der Waals surface area contributed by atoms with Crippen LogP contribution in [0.4, 0.5) is 5.69 Å². The fourth-order valence-electron chi connectivity index (χ4n) is 3.04. The molecule has 0 aliphatic heterocycles. The summed E-state index contributed by atoms with van der Waals surface area (Å²) in [6.45, 7) is 4.17. The van der Waals surface area contributed by atoms with Crippen molar-refractivity contribution in [3.05, 3.63) is 92.7 Å². The molecule has 31 heavy (non-hydrogen) atoms. The van der Waals surface area contributed by atoms with Crippen molar-refractivity contribution in [3.8, 4) is 11.8 Å². The number of anilines is 1. The molecule has 0 unspecified atom stereocenters. The van der Waals surface area contributed by atoms with Gasteiger partial charge in [-0.25, -0.2) is 0 Å². The zero-order valence-corrected chi connectivity index (χ0v) is 18.5. The maximum atomic E-state index is 12.6. The molecule has 0 aliphatic carbocycles. The number of carbonyl (C=O) groups excluding carboxylic acids is 1. The maximum Gasteiger partial charge on any atom is 0.266 e. The molecule has 3 rings (SSSR count). The van der Waals surface area contributed by atoms with Crippen LogP contribution >= 0.6 is 23.2 Å². The van der Waals surface area contributed by atoms with Crippen LogP contribution in [0.25, 0.3) is 6.08 Å². The van der Waals surface area contributed by atoms with Crippen LogP contribution in [0, 0.1) is 25.2 Å². The molecular weight excluding hydrogens is 433 g/mol. The van der Waals surface area contributed by atoms with Crippen LogP contribution in [0.2, 0.25) is 10.0 Å². The van der Waals surface area contributed by atoms with Gasteiger partial charge in [0.2, 0.25) is 0 Å². The van der Waals surface area contributed by atoms with Crippen molar-refractivity contribution in [2.75, 3.05) is 5.32 Å². The molecule has 0 aliphatic rings. The van der Waals surface area contributed by atoms with Gasteiger partial charge in [-0.3, -0.25) is 9.78 Å².